The van der Waals surface area contributed by atoms with Crippen LogP contribution < -0.4 is 15.5 Å². The Labute approximate surface area is 151 Å². The van der Waals surface area contributed by atoms with E-state index in [0.717, 1.165) is 16.8 Å². The highest BCUT2D eigenvalue weighted by Gasteiger charge is 2.34. The van der Waals surface area contributed by atoms with Gasteiger partial charge >= 0.3 is 6.03 Å². The predicted molar refractivity (Wildman–Crippen MR) is 103 cm³/mol. The predicted octanol–water partition coefficient (Wildman–Crippen LogP) is 3.92. The summed E-state index contributed by atoms with van der Waals surface area (Å²) in [5.41, 5.74) is 3.76. The van der Waals surface area contributed by atoms with Crippen LogP contribution in [0.25, 0.3) is 0 Å². The molecule has 25 heavy (non-hydrogen) atoms. The first-order chi connectivity index (χ1) is 12.1. The number of anilines is 2. The molecule has 3 rings (SSSR count). The summed E-state index contributed by atoms with van der Waals surface area (Å²) < 4.78 is 0. The SMILES string of the molecule is CCNC(=O)Nc1cccc(C2SCC(=O)N2c2ccc(C)cc2)c1. The molecule has 3 amide bonds. The Bertz CT molecular complexity index is 776. The summed E-state index contributed by atoms with van der Waals surface area (Å²) in [7, 11) is 0. The highest BCUT2D eigenvalue weighted by atomic mass is 32.2. The molecule has 1 heterocycles. The van der Waals surface area contributed by atoms with Crippen LogP contribution in [0.5, 0.6) is 0 Å². The molecule has 1 aliphatic rings. The largest absolute Gasteiger partial charge is 0.338 e. The van der Waals surface area contributed by atoms with Gasteiger partial charge in [-0.05, 0) is 43.7 Å². The van der Waals surface area contributed by atoms with Crippen molar-refractivity contribution in [3.05, 3.63) is 59.7 Å². The number of hydrogen-bond donors (Lipinski definition) is 2. The Morgan fingerprint density at radius 2 is 2.00 bits per heavy atom. The smallest absolute Gasteiger partial charge is 0.319 e. The maximum atomic E-state index is 12.4. The lowest BCUT2D eigenvalue weighted by Crippen LogP contribution is -2.29. The van der Waals surface area contributed by atoms with E-state index in [1.165, 1.54) is 0 Å². The third-order valence-corrected chi connectivity index (χ3v) is 5.16. The third kappa shape index (κ3) is 3.96. The number of benzene rings is 2. The molecule has 130 valence electrons. The van der Waals surface area contributed by atoms with Crippen molar-refractivity contribution in [1.29, 1.82) is 0 Å². The molecule has 1 unspecified atom stereocenters. The van der Waals surface area contributed by atoms with Crippen LogP contribution in [0.1, 0.15) is 23.4 Å². The van der Waals surface area contributed by atoms with Gasteiger partial charge in [0.15, 0.2) is 0 Å². The van der Waals surface area contributed by atoms with E-state index in [2.05, 4.69) is 10.6 Å². The van der Waals surface area contributed by atoms with E-state index < -0.39 is 0 Å². The number of nitrogens with zero attached hydrogens (tertiary/aromatic N) is 1. The van der Waals surface area contributed by atoms with Crippen molar-refractivity contribution in [1.82, 2.24) is 5.32 Å². The van der Waals surface area contributed by atoms with Gasteiger partial charge in [-0.25, -0.2) is 4.79 Å². The van der Waals surface area contributed by atoms with Crippen LogP contribution in [0.15, 0.2) is 48.5 Å². The summed E-state index contributed by atoms with van der Waals surface area (Å²) >= 11 is 1.60. The standard InChI is InChI=1S/C19H21N3O2S/c1-3-20-19(24)21-15-6-4-5-14(11-15)18-22(17(23)12-25-18)16-9-7-13(2)8-10-16/h4-11,18H,3,12H2,1-2H3,(H2,20,21,24). The van der Waals surface area contributed by atoms with Crippen molar-refractivity contribution in [3.63, 3.8) is 0 Å². The molecule has 6 heteroatoms. The third-order valence-electron chi connectivity index (χ3n) is 3.95. The van der Waals surface area contributed by atoms with Gasteiger partial charge in [0.1, 0.15) is 5.37 Å². The Hall–Kier alpha value is -2.47. The van der Waals surface area contributed by atoms with Crippen LogP contribution in [0.4, 0.5) is 16.2 Å². The first-order valence-corrected chi connectivity index (χ1v) is 9.28. The van der Waals surface area contributed by atoms with E-state index in [9.17, 15) is 9.59 Å². The molecule has 2 N–H and O–H groups in total. The molecule has 1 fully saturated rings. The number of thioether (sulfide) groups is 1. The number of urea groups is 1. The molecule has 1 saturated heterocycles. The lowest BCUT2D eigenvalue weighted by atomic mass is 10.1. The molecule has 0 saturated carbocycles. The highest BCUT2D eigenvalue weighted by molar-refractivity contribution is 8.00. The molecule has 1 aliphatic heterocycles. The summed E-state index contributed by atoms with van der Waals surface area (Å²) in [6, 6.07) is 15.4. The summed E-state index contributed by atoms with van der Waals surface area (Å²) in [5.74, 6) is 0.549. The van der Waals surface area contributed by atoms with Gasteiger partial charge in [-0.2, -0.15) is 0 Å². The van der Waals surface area contributed by atoms with E-state index in [1.54, 1.807) is 11.8 Å². The molecule has 0 bridgehead atoms. The zero-order chi connectivity index (χ0) is 17.8. The van der Waals surface area contributed by atoms with Gasteiger partial charge in [-0.1, -0.05) is 29.8 Å². The van der Waals surface area contributed by atoms with Crippen molar-refractivity contribution < 1.29 is 9.59 Å². The van der Waals surface area contributed by atoms with Crippen molar-refractivity contribution in [3.8, 4) is 0 Å². The zero-order valence-corrected chi connectivity index (χ0v) is 15.1. The first-order valence-electron chi connectivity index (χ1n) is 8.23. The normalized spacial score (nSPS) is 16.8. The second-order valence-corrected chi connectivity index (χ2v) is 6.94. The maximum absolute atomic E-state index is 12.4. The molecule has 0 aromatic heterocycles. The Balaban J connectivity index is 1.85. The number of nitrogens with one attached hydrogen (secondary N) is 2. The van der Waals surface area contributed by atoms with Gasteiger partial charge in [-0.3, -0.25) is 9.69 Å². The summed E-state index contributed by atoms with van der Waals surface area (Å²) in [6.45, 7) is 4.47. The van der Waals surface area contributed by atoms with Gasteiger partial charge in [0, 0.05) is 17.9 Å². The van der Waals surface area contributed by atoms with Crippen LogP contribution in [0.2, 0.25) is 0 Å². The van der Waals surface area contributed by atoms with E-state index in [4.69, 9.17) is 0 Å². The van der Waals surface area contributed by atoms with E-state index in [0.29, 0.717) is 18.0 Å². The average molecular weight is 355 g/mol. The van der Waals surface area contributed by atoms with Crippen molar-refractivity contribution in [2.24, 2.45) is 0 Å². The van der Waals surface area contributed by atoms with Crippen molar-refractivity contribution in [2.45, 2.75) is 19.2 Å². The molecular weight excluding hydrogens is 334 g/mol. The second-order valence-electron chi connectivity index (χ2n) is 5.87. The van der Waals surface area contributed by atoms with E-state index in [1.807, 2.05) is 67.3 Å². The highest BCUT2D eigenvalue weighted by Crippen LogP contribution is 2.42. The minimum absolute atomic E-state index is 0.0915. The minimum Gasteiger partial charge on any atom is -0.338 e. The van der Waals surface area contributed by atoms with Crippen LogP contribution in [0.3, 0.4) is 0 Å². The van der Waals surface area contributed by atoms with Crippen LogP contribution in [-0.2, 0) is 4.79 Å². The van der Waals surface area contributed by atoms with Gasteiger partial charge in [0.25, 0.3) is 0 Å². The van der Waals surface area contributed by atoms with E-state index >= 15 is 0 Å². The lowest BCUT2D eigenvalue weighted by Gasteiger charge is -2.25. The maximum Gasteiger partial charge on any atom is 0.319 e. The van der Waals surface area contributed by atoms with Crippen LogP contribution in [0, 0.1) is 6.92 Å². The summed E-state index contributed by atoms with van der Waals surface area (Å²) in [6.07, 6.45) is 0. The quantitative estimate of drug-likeness (QED) is 0.874. The molecule has 1 atom stereocenters. The first kappa shape index (κ1) is 17.4. The fraction of sp³-hybridized carbons (Fsp3) is 0.263. The number of aryl methyl sites for hydroxylation is 1. The average Bonchev–Trinajstić information content (AvgIpc) is 2.98. The van der Waals surface area contributed by atoms with Gasteiger partial charge < -0.3 is 10.6 Å². The summed E-state index contributed by atoms with van der Waals surface area (Å²) in [4.78, 5) is 26.0. The molecule has 0 aliphatic carbocycles. The van der Waals surface area contributed by atoms with Crippen molar-refractivity contribution in [2.75, 3.05) is 22.5 Å². The lowest BCUT2D eigenvalue weighted by molar-refractivity contribution is -0.115. The molecular formula is C19H21N3O2S. The molecule has 5 nitrogen and oxygen atoms in total. The van der Waals surface area contributed by atoms with Gasteiger partial charge in [0.2, 0.25) is 5.91 Å². The monoisotopic (exact) mass is 355 g/mol. The van der Waals surface area contributed by atoms with Crippen LogP contribution >= 0.6 is 11.8 Å². The van der Waals surface area contributed by atoms with E-state index in [-0.39, 0.29) is 17.3 Å². The second kappa shape index (κ2) is 7.61. The van der Waals surface area contributed by atoms with Gasteiger partial charge in [0.05, 0.1) is 5.75 Å². The number of amides is 3. The number of rotatable bonds is 4. The summed E-state index contributed by atoms with van der Waals surface area (Å²) in [5, 5.41) is 5.44. The molecule has 2 aromatic carbocycles. The Kier molecular flexibility index (Phi) is 5.28. The molecule has 0 spiro atoms. The minimum atomic E-state index is -0.231. The molecule has 2 aromatic rings. The Morgan fingerprint density at radius 1 is 1.24 bits per heavy atom. The fourth-order valence-electron chi connectivity index (χ4n) is 2.76. The zero-order valence-electron chi connectivity index (χ0n) is 14.3. The molecule has 0 radical (unpaired) electrons. The van der Waals surface area contributed by atoms with Crippen molar-refractivity contribution >= 4 is 35.1 Å². The Morgan fingerprint density at radius 3 is 2.72 bits per heavy atom. The number of carbonyl (C=O) groups excluding carboxylic acids is 2. The topological polar surface area (TPSA) is 61.4 Å². The fourth-order valence-corrected chi connectivity index (χ4v) is 3.93. The van der Waals surface area contributed by atoms with Crippen LogP contribution in [-0.4, -0.2) is 24.2 Å². The number of carbonyl (C=O) groups is 2. The number of hydrogen-bond acceptors (Lipinski definition) is 3. The van der Waals surface area contributed by atoms with Gasteiger partial charge in [-0.15, -0.1) is 11.8 Å².